The van der Waals surface area contributed by atoms with Gasteiger partial charge in [0.25, 0.3) is 0 Å². The highest BCUT2D eigenvalue weighted by molar-refractivity contribution is 9.10. The molecule has 3 nitrogen and oxygen atoms in total. The van der Waals surface area contributed by atoms with Crippen molar-refractivity contribution in [3.05, 3.63) is 0 Å². The van der Waals surface area contributed by atoms with Gasteiger partial charge in [0.05, 0.1) is 7.11 Å². The van der Waals surface area contributed by atoms with Crippen LogP contribution in [0.5, 0.6) is 0 Å². The predicted octanol–water partition coefficient (Wildman–Crippen LogP) is 3.26. The topological polar surface area (TPSA) is 38.3 Å². The van der Waals surface area contributed by atoms with E-state index in [1.54, 1.807) is 0 Å². The van der Waals surface area contributed by atoms with Crippen molar-refractivity contribution in [2.45, 2.75) is 56.7 Å². The first-order valence-electron chi connectivity index (χ1n) is 6.65. The minimum Gasteiger partial charge on any atom is -0.468 e. The van der Waals surface area contributed by atoms with E-state index >= 15 is 0 Å². The van der Waals surface area contributed by atoms with Gasteiger partial charge < -0.3 is 10.1 Å². The fourth-order valence-electron chi connectivity index (χ4n) is 1.65. The lowest BCUT2D eigenvalue weighted by Crippen LogP contribution is -2.30. The molecule has 0 rings (SSSR count). The van der Waals surface area contributed by atoms with Gasteiger partial charge >= 0.3 is 5.97 Å². The summed E-state index contributed by atoms with van der Waals surface area (Å²) >= 11 is 3.28. The van der Waals surface area contributed by atoms with Gasteiger partial charge in [-0.3, -0.25) is 4.79 Å². The van der Waals surface area contributed by atoms with Crippen molar-refractivity contribution >= 4 is 21.9 Å². The van der Waals surface area contributed by atoms with Crippen LogP contribution in [0.3, 0.4) is 0 Å². The number of ether oxygens (including phenoxy) is 1. The largest absolute Gasteiger partial charge is 0.468 e. The minimum atomic E-state index is -0.225. The lowest BCUT2D eigenvalue weighted by Gasteiger charge is -2.08. The number of esters is 1. The first kappa shape index (κ1) is 16.9. The third kappa shape index (κ3) is 10.8. The van der Waals surface area contributed by atoms with Crippen LogP contribution in [0.1, 0.15) is 51.9 Å². The van der Waals surface area contributed by atoms with Crippen LogP contribution in [0.25, 0.3) is 0 Å². The zero-order valence-electron chi connectivity index (χ0n) is 11.1. The summed E-state index contributed by atoms with van der Waals surface area (Å²) in [6.07, 6.45) is 9.20. The van der Waals surface area contributed by atoms with E-state index in [0.717, 1.165) is 6.54 Å². The maximum absolute atomic E-state index is 11.1. The van der Waals surface area contributed by atoms with E-state index < -0.39 is 0 Å². The van der Waals surface area contributed by atoms with E-state index in [1.807, 2.05) is 0 Å². The molecule has 0 aliphatic carbocycles. The first-order valence-corrected chi connectivity index (χ1v) is 7.56. The van der Waals surface area contributed by atoms with E-state index in [4.69, 9.17) is 0 Å². The molecular weight excluding hydrogens is 282 g/mol. The lowest BCUT2D eigenvalue weighted by molar-refractivity contribution is -0.139. The van der Waals surface area contributed by atoms with Crippen LogP contribution in [0, 0.1) is 0 Å². The maximum atomic E-state index is 11.1. The summed E-state index contributed by atoms with van der Waals surface area (Å²) in [7, 11) is 1.41. The van der Waals surface area contributed by atoms with Gasteiger partial charge in [0.1, 0.15) is 4.83 Å². The van der Waals surface area contributed by atoms with Crippen molar-refractivity contribution in [2.75, 3.05) is 20.2 Å². The van der Waals surface area contributed by atoms with E-state index in [1.165, 1.54) is 52.1 Å². The Bertz CT molecular complexity index is 188. The highest BCUT2D eigenvalue weighted by atomic mass is 79.9. The Kier molecular flexibility index (Phi) is 12.3. The number of hydrogen-bond donors (Lipinski definition) is 1. The Morgan fingerprint density at radius 3 is 2.35 bits per heavy atom. The normalized spacial score (nSPS) is 12.4. The van der Waals surface area contributed by atoms with Gasteiger partial charge in [0.15, 0.2) is 0 Å². The Labute approximate surface area is 114 Å². The van der Waals surface area contributed by atoms with Crippen LogP contribution in [-0.2, 0) is 9.53 Å². The molecule has 0 aromatic rings. The molecule has 0 spiro atoms. The second kappa shape index (κ2) is 12.4. The number of alkyl halides is 1. The Morgan fingerprint density at radius 1 is 1.18 bits per heavy atom. The Balaban J connectivity index is 3.15. The number of unbranched alkanes of at least 4 members (excludes halogenated alkanes) is 6. The SMILES string of the molecule is CCCCCCCCCNCC(Br)C(=O)OC. The number of nitrogens with one attached hydrogen (secondary N) is 1. The standard InChI is InChI=1S/C13H26BrNO2/c1-3-4-5-6-7-8-9-10-15-11-12(14)13(16)17-2/h12,15H,3-11H2,1-2H3. The van der Waals surface area contributed by atoms with Crippen molar-refractivity contribution < 1.29 is 9.53 Å². The van der Waals surface area contributed by atoms with Gasteiger partial charge in [-0.05, 0) is 13.0 Å². The van der Waals surface area contributed by atoms with Crippen LogP contribution >= 0.6 is 15.9 Å². The molecule has 102 valence electrons. The molecule has 0 fully saturated rings. The van der Waals surface area contributed by atoms with Crippen LogP contribution in [-0.4, -0.2) is 31.0 Å². The second-order valence-corrected chi connectivity index (χ2v) is 5.42. The van der Waals surface area contributed by atoms with E-state index in [9.17, 15) is 4.79 Å². The third-order valence-corrected chi connectivity index (χ3v) is 3.44. The molecule has 0 aromatic carbocycles. The Morgan fingerprint density at radius 2 is 1.76 bits per heavy atom. The quantitative estimate of drug-likeness (QED) is 0.362. The summed E-state index contributed by atoms with van der Waals surface area (Å²) in [5.74, 6) is -0.211. The fourth-order valence-corrected chi connectivity index (χ4v) is 2.06. The number of halogens is 1. The second-order valence-electron chi connectivity index (χ2n) is 4.32. The zero-order valence-corrected chi connectivity index (χ0v) is 12.7. The highest BCUT2D eigenvalue weighted by Crippen LogP contribution is 2.06. The molecule has 4 heteroatoms. The number of rotatable bonds is 11. The smallest absolute Gasteiger partial charge is 0.320 e. The fraction of sp³-hybridized carbons (Fsp3) is 0.923. The average Bonchev–Trinajstić information content (AvgIpc) is 2.35. The summed E-state index contributed by atoms with van der Waals surface area (Å²) in [5, 5.41) is 3.25. The summed E-state index contributed by atoms with van der Waals surface area (Å²) in [6, 6.07) is 0. The average molecular weight is 308 g/mol. The maximum Gasteiger partial charge on any atom is 0.320 e. The Hall–Kier alpha value is -0.0900. The van der Waals surface area contributed by atoms with E-state index in [-0.39, 0.29) is 10.8 Å². The molecule has 0 aliphatic heterocycles. The number of hydrogen-bond acceptors (Lipinski definition) is 3. The minimum absolute atomic E-state index is 0.211. The molecule has 0 aromatic heterocycles. The van der Waals surface area contributed by atoms with Crippen molar-refractivity contribution in [3.63, 3.8) is 0 Å². The molecule has 0 heterocycles. The molecule has 1 unspecified atom stereocenters. The summed E-state index contributed by atoms with van der Waals surface area (Å²) in [6.45, 7) is 3.86. The number of methoxy groups -OCH3 is 1. The van der Waals surface area contributed by atoms with Gasteiger partial charge in [0.2, 0.25) is 0 Å². The molecule has 0 saturated heterocycles. The molecule has 1 N–H and O–H groups in total. The summed E-state index contributed by atoms with van der Waals surface area (Å²) < 4.78 is 4.62. The molecule has 1 atom stereocenters. The van der Waals surface area contributed by atoms with Crippen molar-refractivity contribution in [3.8, 4) is 0 Å². The zero-order chi connectivity index (χ0) is 12.9. The predicted molar refractivity (Wildman–Crippen MR) is 75.6 cm³/mol. The molecular formula is C13H26BrNO2. The molecule has 0 saturated carbocycles. The van der Waals surface area contributed by atoms with Gasteiger partial charge in [-0.15, -0.1) is 0 Å². The molecule has 0 aliphatic rings. The van der Waals surface area contributed by atoms with Gasteiger partial charge in [-0.25, -0.2) is 0 Å². The molecule has 17 heavy (non-hydrogen) atoms. The summed E-state index contributed by atoms with van der Waals surface area (Å²) in [4.78, 5) is 10.8. The van der Waals surface area contributed by atoms with Gasteiger partial charge in [-0.1, -0.05) is 61.4 Å². The molecule has 0 amide bonds. The van der Waals surface area contributed by atoms with Gasteiger partial charge in [0, 0.05) is 6.54 Å². The van der Waals surface area contributed by atoms with Crippen molar-refractivity contribution in [1.29, 1.82) is 0 Å². The van der Waals surface area contributed by atoms with Crippen LogP contribution in [0.4, 0.5) is 0 Å². The highest BCUT2D eigenvalue weighted by Gasteiger charge is 2.13. The van der Waals surface area contributed by atoms with Gasteiger partial charge in [-0.2, -0.15) is 0 Å². The van der Waals surface area contributed by atoms with E-state index in [2.05, 4.69) is 32.9 Å². The van der Waals surface area contributed by atoms with Crippen molar-refractivity contribution in [2.24, 2.45) is 0 Å². The number of carbonyl (C=O) groups excluding carboxylic acids is 1. The lowest BCUT2D eigenvalue weighted by atomic mass is 10.1. The van der Waals surface area contributed by atoms with Crippen molar-refractivity contribution in [1.82, 2.24) is 5.32 Å². The molecule has 0 bridgehead atoms. The number of carbonyl (C=O) groups is 1. The summed E-state index contributed by atoms with van der Waals surface area (Å²) in [5.41, 5.74) is 0. The van der Waals surface area contributed by atoms with Crippen LogP contribution < -0.4 is 5.32 Å². The first-order chi connectivity index (χ1) is 8.22. The third-order valence-electron chi connectivity index (χ3n) is 2.74. The van der Waals surface area contributed by atoms with E-state index in [0.29, 0.717) is 6.54 Å². The van der Waals surface area contributed by atoms with Crippen LogP contribution in [0.15, 0.2) is 0 Å². The van der Waals surface area contributed by atoms with Crippen LogP contribution in [0.2, 0.25) is 0 Å². The molecule has 0 radical (unpaired) electrons. The monoisotopic (exact) mass is 307 g/mol.